The first kappa shape index (κ1) is 70.5. The predicted molar refractivity (Wildman–Crippen MR) is 329 cm³/mol. The van der Waals surface area contributed by atoms with E-state index in [-0.39, 0.29) is 44.0 Å². The molecule has 0 aliphatic rings. The zero-order valence-electron chi connectivity index (χ0n) is 48.2. The number of allylic oxidation sites excluding steroid dienone is 30. The second-order valence-corrected chi connectivity index (χ2v) is 18.8. The van der Waals surface area contributed by atoms with E-state index in [2.05, 4.69) is 203 Å². The Labute approximate surface area is 465 Å². The number of unbranched alkanes of at least 4 members (excludes halogenated alkanes) is 10. The zero-order valence-corrected chi connectivity index (χ0v) is 48.2. The lowest BCUT2D eigenvalue weighted by molar-refractivity contribution is -0.167. The highest BCUT2D eigenvalue weighted by Gasteiger charge is 2.19. The molecule has 0 aliphatic carbocycles. The lowest BCUT2D eigenvalue weighted by Gasteiger charge is -2.18. The Morgan fingerprint density at radius 1 is 0.276 bits per heavy atom. The predicted octanol–water partition coefficient (Wildman–Crippen LogP) is 20.5. The van der Waals surface area contributed by atoms with E-state index in [0.29, 0.717) is 12.8 Å². The normalized spacial score (nSPS) is 13.5. The van der Waals surface area contributed by atoms with Crippen LogP contribution < -0.4 is 0 Å². The summed E-state index contributed by atoms with van der Waals surface area (Å²) in [7, 11) is 0. The third-order valence-electron chi connectivity index (χ3n) is 11.7. The quantitative estimate of drug-likeness (QED) is 0.0261. The molecule has 0 N–H and O–H groups in total. The minimum Gasteiger partial charge on any atom is -0.462 e. The molecule has 0 amide bonds. The number of ether oxygens (including phenoxy) is 3. The van der Waals surface area contributed by atoms with E-state index in [1.165, 1.54) is 19.3 Å². The maximum absolute atomic E-state index is 12.8. The van der Waals surface area contributed by atoms with Gasteiger partial charge < -0.3 is 14.2 Å². The van der Waals surface area contributed by atoms with Gasteiger partial charge in [-0.3, -0.25) is 14.4 Å². The topological polar surface area (TPSA) is 78.9 Å². The van der Waals surface area contributed by atoms with Crippen LogP contribution in [0.2, 0.25) is 0 Å². The van der Waals surface area contributed by atoms with Crippen LogP contribution in [0.15, 0.2) is 182 Å². The minimum atomic E-state index is -0.823. The van der Waals surface area contributed by atoms with Crippen molar-refractivity contribution in [2.24, 2.45) is 0 Å². The molecule has 0 aliphatic heterocycles. The summed E-state index contributed by atoms with van der Waals surface area (Å²) in [5, 5.41) is 0. The first-order chi connectivity index (χ1) is 37.5. The fourth-order valence-corrected chi connectivity index (χ4v) is 7.27. The molecule has 6 heteroatoms. The van der Waals surface area contributed by atoms with Gasteiger partial charge in [0.1, 0.15) is 13.2 Å². The summed E-state index contributed by atoms with van der Waals surface area (Å²) in [6.45, 7) is 6.25. The van der Waals surface area contributed by atoms with Crippen LogP contribution in [-0.2, 0) is 28.6 Å². The fourth-order valence-electron chi connectivity index (χ4n) is 7.27. The Balaban J connectivity index is 4.35. The SMILES string of the molecule is CC/C=C\C/C=C\C/C=C\C/C=C\C/C=C\C/C=C\C/C=C\C/C=C\C/C=C\CCCC(=O)OCC(COC(=O)CCCCCCCC)OC(=O)CCCCCC/C=C\C/C=C\C/C=C\C/C=C\C/C=C\C/C=C\CC. The number of esters is 3. The molecule has 0 saturated heterocycles. The van der Waals surface area contributed by atoms with Gasteiger partial charge in [0.15, 0.2) is 6.10 Å². The summed E-state index contributed by atoms with van der Waals surface area (Å²) in [5.41, 5.74) is 0. The molecular formula is C70H106O6. The maximum atomic E-state index is 12.8. The third-order valence-corrected chi connectivity index (χ3v) is 11.7. The molecule has 0 spiro atoms. The summed E-state index contributed by atoms with van der Waals surface area (Å²) in [6.07, 6.45) is 93.5. The lowest BCUT2D eigenvalue weighted by atomic mass is 10.1. The lowest BCUT2D eigenvalue weighted by Crippen LogP contribution is -2.30. The first-order valence-corrected chi connectivity index (χ1v) is 29.8. The molecule has 0 aromatic heterocycles. The second kappa shape index (κ2) is 62.1. The fraction of sp³-hybridized carbons (Fsp3) is 0.529. The van der Waals surface area contributed by atoms with E-state index in [9.17, 15) is 14.4 Å². The van der Waals surface area contributed by atoms with E-state index < -0.39 is 6.10 Å². The van der Waals surface area contributed by atoms with Crippen LogP contribution in [0.1, 0.15) is 220 Å². The molecule has 0 aromatic carbocycles. The maximum Gasteiger partial charge on any atom is 0.306 e. The third kappa shape index (κ3) is 59.4. The average molecular weight is 1040 g/mol. The van der Waals surface area contributed by atoms with Gasteiger partial charge in [0, 0.05) is 19.3 Å². The van der Waals surface area contributed by atoms with Crippen LogP contribution in [0.5, 0.6) is 0 Å². The van der Waals surface area contributed by atoms with Gasteiger partial charge in [-0.2, -0.15) is 0 Å². The first-order valence-electron chi connectivity index (χ1n) is 29.8. The van der Waals surface area contributed by atoms with Crippen LogP contribution in [0.3, 0.4) is 0 Å². The van der Waals surface area contributed by atoms with Crippen LogP contribution in [-0.4, -0.2) is 37.2 Å². The molecule has 0 bridgehead atoms. The van der Waals surface area contributed by atoms with E-state index in [4.69, 9.17) is 14.2 Å². The standard InChI is InChI=1S/C70H106O6/c1-4-7-10-13-16-18-20-22-24-26-28-30-32-33-34-35-36-37-39-40-42-44-46-48-50-52-54-57-60-63-69(72)75-66-67(65-74-68(71)62-59-56-15-12-9-6-3)76-70(73)64-61-58-55-53-51-49-47-45-43-41-38-31-29-27-25-23-21-19-17-14-11-8-5-2/h7-8,10-11,16-19,22-25,28-31,33-34,36-37,40-43,46-49,52,54,67H,4-6,9,12-15,20-21,26-27,32,35,38-39,44-45,50-51,53,55-66H2,1-3H3/b10-7-,11-8-,18-16-,19-17-,24-22-,25-23-,30-28-,31-29-,34-33-,37-36-,42-40-,43-41-,48-46-,49-47-,54-52-. The molecule has 0 heterocycles. The van der Waals surface area contributed by atoms with Crippen molar-refractivity contribution in [1.29, 1.82) is 0 Å². The monoisotopic (exact) mass is 1040 g/mol. The number of rotatable bonds is 51. The van der Waals surface area contributed by atoms with Crippen molar-refractivity contribution in [3.8, 4) is 0 Å². The molecular weight excluding hydrogens is 937 g/mol. The zero-order chi connectivity index (χ0) is 55.0. The number of carbonyl (C=O) groups excluding carboxylic acids is 3. The summed E-state index contributed by atoms with van der Waals surface area (Å²) >= 11 is 0. The van der Waals surface area contributed by atoms with Crippen LogP contribution >= 0.6 is 0 Å². The number of hydrogen-bond acceptors (Lipinski definition) is 6. The van der Waals surface area contributed by atoms with E-state index in [0.717, 1.165) is 154 Å². The van der Waals surface area contributed by atoms with Crippen molar-refractivity contribution < 1.29 is 28.6 Å². The van der Waals surface area contributed by atoms with Crippen molar-refractivity contribution in [2.45, 2.75) is 226 Å². The molecule has 1 atom stereocenters. The molecule has 0 saturated carbocycles. The molecule has 1 unspecified atom stereocenters. The highest BCUT2D eigenvalue weighted by atomic mass is 16.6. The Kier molecular flexibility index (Phi) is 57.6. The summed E-state index contributed by atoms with van der Waals surface area (Å²) in [5.74, 6) is -1.03. The van der Waals surface area contributed by atoms with Crippen LogP contribution in [0, 0.1) is 0 Å². The Bertz CT molecular complexity index is 1820. The van der Waals surface area contributed by atoms with Crippen molar-refractivity contribution in [1.82, 2.24) is 0 Å². The Hall–Kier alpha value is -5.49. The van der Waals surface area contributed by atoms with Gasteiger partial charge in [-0.1, -0.05) is 248 Å². The van der Waals surface area contributed by atoms with Crippen LogP contribution in [0.4, 0.5) is 0 Å². The smallest absolute Gasteiger partial charge is 0.306 e. The van der Waals surface area contributed by atoms with Gasteiger partial charge in [-0.15, -0.1) is 0 Å². The molecule has 76 heavy (non-hydrogen) atoms. The van der Waals surface area contributed by atoms with Gasteiger partial charge in [-0.25, -0.2) is 0 Å². The highest BCUT2D eigenvalue weighted by Crippen LogP contribution is 2.12. The van der Waals surface area contributed by atoms with E-state index >= 15 is 0 Å². The molecule has 6 nitrogen and oxygen atoms in total. The molecule has 0 rings (SSSR count). The summed E-state index contributed by atoms with van der Waals surface area (Å²) < 4.78 is 16.7. The van der Waals surface area contributed by atoms with Gasteiger partial charge >= 0.3 is 17.9 Å². The van der Waals surface area contributed by atoms with Gasteiger partial charge in [-0.05, 0) is 135 Å². The number of hydrogen-bond donors (Lipinski definition) is 0. The minimum absolute atomic E-state index is 0.116. The summed E-state index contributed by atoms with van der Waals surface area (Å²) in [6, 6.07) is 0. The largest absolute Gasteiger partial charge is 0.462 e. The highest BCUT2D eigenvalue weighted by molar-refractivity contribution is 5.71. The van der Waals surface area contributed by atoms with E-state index in [1.807, 2.05) is 0 Å². The van der Waals surface area contributed by atoms with Crippen molar-refractivity contribution in [3.63, 3.8) is 0 Å². The molecule has 0 radical (unpaired) electrons. The van der Waals surface area contributed by atoms with Gasteiger partial charge in [0.05, 0.1) is 0 Å². The van der Waals surface area contributed by atoms with Gasteiger partial charge in [0.2, 0.25) is 0 Å². The van der Waals surface area contributed by atoms with Gasteiger partial charge in [0.25, 0.3) is 0 Å². The van der Waals surface area contributed by atoms with Crippen molar-refractivity contribution in [2.75, 3.05) is 13.2 Å². The van der Waals surface area contributed by atoms with Crippen molar-refractivity contribution >= 4 is 17.9 Å². The molecule has 0 fully saturated rings. The molecule has 422 valence electrons. The Morgan fingerprint density at radius 3 is 0.855 bits per heavy atom. The van der Waals surface area contributed by atoms with Crippen molar-refractivity contribution in [3.05, 3.63) is 182 Å². The average Bonchev–Trinajstić information content (AvgIpc) is 3.42. The molecule has 0 aromatic rings. The summed E-state index contributed by atoms with van der Waals surface area (Å²) in [4.78, 5) is 37.9. The van der Waals surface area contributed by atoms with E-state index in [1.54, 1.807) is 0 Å². The Morgan fingerprint density at radius 2 is 0.526 bits per heavy atom. The second-order valence-electron chi connectivity index (χ2n) is 18.8. The number of carbonyl (C=O) groups is 3. The van der Waals surface area contributed by atoms with Crippen LogP contribution in [0.25, 0.3) is 0 Å².